The number of hydrogen-bond donors (Lipinski definition) is 1. The first kappa shape index (κ1) is 27.9. The SMILES string of the molecule is C1#CC(c2ccc(-c3cc[nH]c3)cc2)/C=C\C(c2nc3c(-c4cccc5ccccc45)cc(-c4cccc5ccccc45)cc3o2)=C/C1. The molecule has 1 N–H and O–H groups in total. The first-order valence-electron chi connectivity index (χ1n) is 16.3. The number of H-pyrrole nitrogens is 1. The maximum Gasteiger partial charge on any atom is 0.227 e. The summed E-state index contributed by atoms with van der Waals surface area (Å²) in [6.07, 6.45) is 11.0. The van der Waals surface area contributed by atoms with Crippen molar-refractivity contribution >= 4 is 38.2 Å². The molecule has 0 saturated carbocycles. The lowest BCUT2D eigenvalue weighted by atomic mass is 9.92. The molecular formula is C45H30N2O. The van der Waals surface area contributed by atoms with Crippen LogP contribution in [-0.4, -0.2) is 9.97 Å². The fourth-order valence-corrected chi connectivity index (χ4v) is 6.84. The molecule has 48 heavy (non-hydrogen) atoms. The number of allylic oxidation sites excluding steroid dienone is 4. The first-order chi connectivity index (χ1) is 23.8. The zero-order valence-electron chi connectivity index (χ0n) is 26.2. The highest BCUT2D eigenvalue weighted by Gasteiger charge is 2.19. The van der Waals surface area contributed by atoms with Gasteiger partial charge in [0.25, 0.3) is 0 Å². The summed E-state index contributed by atoms with van der Waals surface area (Å²) >= 11 is 0. The van der Waals surface area contributed by atoms with Crippen molar-refractivity contribution in [1.82, 2.24) is 9.97 Å². The van der Waals surface area contributed by atoms with Crippen molar-refractivity contribution in [3.8, 4) is 45.2 Å². The van der Waals surface area contributed by atoms with E-state index in [0.717, 1.165) is 38.9 Å². The van der Waals surface area contributed by atoms with E-state index in [-0.39, 0.29) is 5.92 Å². The van der Waals surface area contributed by atoms with Crippen LogP contribution in [0.25, 0.3) is 71.6 Å². The highest BCUT2D eigenvalue weighted by molar-refractivity contribution is 6.07. The number of benzene rings is 6. The fourth-order valence-electron chi connectivity index (χ4n) is 6.84. The second-order valence-corrected chi connectivity index (χ2v) is 12.2. The van der Waals surface area contributed by atoms with Crippen LogP contribution >= 0.6 is 0 Å². The van der Waals surface area contributed by atoms with Gasteiger partial charge in [0, 0.05) is 30.0 Å². The number of oxazole rings is 1. The van der Waals surface area contributed by atoms with Crippen LogP contribution in [-0.2, 0) is 0 Å². The Hall–Kier alpha value is -6.37. The molecule has 3 heteroatoms. The average molecular weight is 615 g/mol. The monoisotopic (exact) mass is 614 g/mol. The molecule has 0 radical (unpaired) electrons. The lowest BCUT2D eigenvalue weighted by Crippen LogP contribution is -1.94. The van der Waals surface area contributed by atoms with Crippen molar-refractivity contribution in [3.05, 3.63) is 169 Å². The predicted molar refractivity (Wildman–Crippen MR) is 198 cm³/mol. The van der Waals surface area contributed by atoms with Gasteiger partial charge in [0.1, 0.15) is 5.52 Å². The van der Waals surface area contributed by atoms with Gasteiger partial charge in [-0.3, -0.25) is 0 Å². The zero-order chi connectivity index (χ0) is 31.9. The van der Waals surface area contributed by atoms with Crippen molar-refractivity contribution in [3.63, 3.8) is 0 Å². The second kappa shape index (κ2) is 11.8. The molecular weight excluding hydrogens is 585 g/mol. The Kier molecular flexibility index (Phi) is 6.84. The summed E-state index contributed by atoms with van der Waals surface area (Å²) < 4.78 is 6.67. The summed E-state index contributed by atoms with van der Waals surface area (Å²) in [4.78, 5) is 8.32. The molecule has 0 fully saturated rings. The molecule has 1 atom stereocenters. The molecule has 1 aliphatic carbocycles. The van der Waals surface area contributed by atoms with Crippen LogP contribution in [0.15, 0.2) is 162 Å². The standard InChI is InChI=1S/C45H30N2O/c1-2-12-35(24-23-30(9-1)31-19-21-32(22-20-31)36-25-26-46-29-36)45-47-44-42(41-18-8-14-34-11-4-6-16-39(34)41)27-37(28-43(44)48-45)40-17-7-13-33-10-3-5-15-38(33)40/h3-8,10-30,46H,2H2/b24-23-,35-12+. The maximum absolute atomic E-state index is 6.67. The van der Waals surface area contributed by atoms with Gasteiger partial charge in [0.05, 0.1) is 5.92 Å². The third-order valence-corrected chi connectivity index (χ3v) is 9.27. The summed E-state index contributed by atoms with van der Waals surface area (Å²) in [6, 6.07) is 45.2. The van der Waals surface area contributed by atoms with Gasteiger partial charge in [0.15, 0.2) is 5.58 Å². The summed E-state index contributed by atoms with van der Waals surface area (Å²) in [6.45, 7) is 0. The van der Waals surface area contributed by atoms with Crippen LogP contribution in [0.2, 0.25) is 0 Å². The highest BCUT2D eigenvalue weighted by Crippen LogP contribution is 2.40. The number of rotatable bonds is 5. The van der Waals surface area contributed by atoms with Crippen LogP contribution in [0, 0.1) is 11.8 Å². The topological polar surface area (TPSA) is 41.8 Å². The van der Waals surface area contributed by atoms with Gasteiger partial charge in [-0.15, -0.1) is 0 Å². The first-order valence-corrected chi connectivity index (χ1v) is 16.3. The van der Waals surface area contributed by atoms with E-state index in [1.807, 2.05) is 12.4 Å². The van der Waals surface area contributed by atoms with Crippen molar-refractivity contribution < 1.29 is 4.42 Å². The van der Waals surface area contributed by atoms with Crippen molar-refractivity contribution in [2.24, 2.45) is 0 Å². The molecule has 0 bridgehead atoms. The molecule has 226 valence electrons. The Labute approximate surface area is 278 Å². The number of hydrogen-bond acceptors (Lipinski definition) is 2. The average Bonchev–Trinajstić information content (AvgIpc) is 3.82. The van der Waals surface area contributed by atoms with E-state index in [1.165, 1.54) is 38.2 Å². The fraction of sp³-hybridized carbons (Fsp3) is 0.0444. The molecule has 0 spiro atoms. The Morgan fingerprint density at radius 3 is 2.17 bits per heavy atom. The van der Waals surface area contributed by atoms with Crippen LogP contribution in [0.1, 0.15) is 23.8 Å². The number of nitrogens with one attached hydrogen (secondary N) is 1. The van der Waals surface area contributed by atoms with E-state index in [0.29, 0.717) is 12.3 Å². The third kappa shape index (κ3) is 5.01. The van der Waals surface area contributed by atoms with E-state index >= 15 is 0 Å². The molecule has 6 aromatic carbocycles. The molecule has 0 amide bonds. The largest absolute Gasteiger partial charge is 0.436 e. The van der Waals surface area contributed by atoms with Crippen molar-refractivity contribution in [2.75, 3.05) is 0 Å². The summed E-state index contributed by atoms with van der Waals surface area (Å²) in [5.41, 5.74) is 10.5. The minimum Gasteiger partial charge on any atom is -0.436 e. The van der Waals surface area contributed by atoms with Crippen LogP contribution < -0.4 is 0 Å². The van der Waals surface area contributed by atoms with E-state index in [9.17, 15) is 0 Å². The van der Waals surface area contributed by atoms with Gasteiger partial charge in [-0.1, -0.05) is 139 Å². The molecule has 0 aliphatic heterocycles. The quantitative estimate of drug-likeness (QED) is 0.196. The molecule has 1 aliphatic rings. The van der Waals surface area contributed by atoms with E-state index in [1.54, 1.807) is 0 Å². The van der Waals surface area contributed by atoms with Gasteiger partial charge < -0.3 is 9.40 Å². The van der Waals surface area contributed by atoms with E-state index in [4.69, 9.17) is 9.40 Å². The third-order valence-electron chi connectivity index (χ3n) is 9.27. The van der Waals surface area contributed by atoms with E-state index in [2.05, 4.69) is 162 Å². The lowest BCUT2D eigenvalue weighted by molar-refractivity contribution is 0.585. The Morgan fingerprint density at radius 2 is 1.40 bits per heavy atom. The number of nitrogens with zero attached hydrogens (tertiary/aromatic N) is 1. The zero-order valence-corrected chi connectivity index (χ0v) is 26.2. The molecule has 8 aromatic rings. The second-order valence-electron chi connectivity index (χ2n) is 12.2. The molecule has 3 nitrogen and oxygen atoms in total. The molecule has 9 rings (SSSR count). The number of fused-ring (bicyclic) bond motifs is 3. The van der Waals surface area contributed by atoms with Gasteiger partial charge in [-0.2, -0.15) is 0 Å². The maximum atomic E-state index is 6.67. The van der Waals surface area contributed by atoms with E-state index < -0.39 is 0 Å². The Bertz CT molecular complexity index is 2580. The minimum absolute atomic E-state index is 0.0254. The number of aromatic nitrogens is 2. The molecule has 2 aromatic heterocycles. The molecule has 0 saturated heterocycles. The summed E-state index contributed by atoms with van der Waals surface area (Å²) in [7, 11) is 0. The highest BCUT2D eigenvalue weighted by atomic mass is 16.3. The van der Waals surface area contributed by atoms with Crippen LogP contribution in [0.3, 0.4) is 0 Å². The van der Waals surface area contributed by atoms with Crippen LogP contribution in [0.4, 0.5) is 0 Å². The Morgan fingerprint density at radius 1 is 0.667 bits per heavy atom. The van der Waals surface area contributed by atoms with Gasteiger partial charge in [-0.25, -0.2) is 4.98 Å². The van der Waals surface area contributed by atoms with Crippen molar-refractivity contribution in [2.45, 2.75) is 12.3 Å². The molecule has 2 heterocycles. The summed E-state index contributed by atoms with van der Waals surface area (Å²) in [5.74, 6) is 7.38. The van der Waals surface area contributed by atoms with Crippen molar-refractivity contribution in [1.29, 1.82) is 0 Å². The Balaban J connectivity index is 1.16. The summed E-state index contributed by atoms with van der Waals surface area (Å²) in [5, 5.41) is 4.80. The van der Waals surface area contributed by atoms with Crippen LogP contribution in [0.5, 0.6) is 0 Å². The smallest absolute Gasteiger partial charge is 0.227 e. The normalized spacial score (nSPS) is 16.2. The minimum atomic E-state index is -0.0254. The predicted octanol–water partition coefficient (Wildman–Crippen LogP) is 11.6. The van der Waals surface area contributed by atoms with Gasteiger partial charge in [0.2, 0.25) is 5.89 Å². The lowest BCUT2D eigenvalue weighted by Gasteiger charge is -2.11. The van der Waals surface area contributed by atoms with Gasteiger partial charge in [-0.05, 0) is 73.1 Å². The van der Waals surface area contributed by atoms with Gasteiger partial charge >= 0.3 is 0 Å². The molecule has 1 unspecified atom stereocenters. The number of aromatic amines is 1.